The second kappa shape index (κ2) is 6.12. The lowest BCUT2D eigenvalue weighted by Crippen LogP contribution is -2.49. The van der Waals surface area contributed by atoms with Crippen molar-refractivity contribution in [2.75, 3.05) is 19.4 Å². The van der Waals surface area contributed by atoms with Crippen LogP contribution < -0.4 is 14.8 Å². The Hall–Kier alpha value is -0.820. The fourth-order valence-electron chi connectivity index (χ4n) is 2.52. The molecule has 0 bridgehead atoms. The molecule has 0 saturated heterocycles. The van der Waals surface area contributed by atoms with E-state index < -0.39 is 15.6 Å². The molecular weight excluding hydrogens is 312 g/mol. The van der Waals surface area contributed by atoms with E-state index in [1.807, 2.05) is 26.0 Å². The Morgan fingerprint density at radius 3 is 2.76 bits per heavy atom. The molecule has 1 aliphatic rings. The summed E-state index contributed by atoms with van der Waals surface area (Å²) in [7, 11) is -3.23. The molecule has 0 aliphatic carbocycles. The summed E-state index contributed by atoms with van der Waals surface area (Å²) in [5, 5.41) is 3.95. The molecule has 0 aromatic heterocycles. The van der Waals surface area contributed by atoms with E-state index in [9.17, 15) is 8.42 Å². The van der Waals surface area contributed by atoms with Gasteiger partial charge in [-0.05, 0) is 31.5 Å². The molecule has 0 radical (unpaired) electrons. The smallest absolute Gasteiger partial charge is 0.209 e. The van der Waals surface area contributed by atoms with E-state index in [1.165, 1.54) is 0 Å². The van der Waals surface area contributed by atoms with E-state index >= 15 is 0 Å². The van der Waals surface area contributed by atoms with E-state index in [1.54, 1.807) is 0 Å². The first-order valence-corrected chi connectivity index (χ1v) is 9.07. The molecule has 0 atom stereocenters. The normalized spacial score (nSPS) is 14.9. The number of hydrogen-bond donors (Lipinski definition) is 2. The van der Waals surface area contributed by atoms with Crippen LogP contribution in [0.15, 0.2) is 12.1 Å². The maximum Gasteiger partial charge on any atom is 0.209 e. The molecule has 118 valence electrons. The van der Waals surface area contributed by atoms with Gasteiger partial charge < -0.3 is 10.1 Å². The van der Waals surface area contributed by atoms with Crippen LogP contribution in [0.25, 0.3) is 0 Å². The molecule has 1 aromatic rings. The molecule has 0 fully saturated rings. The number of sulfonamides is 1. The molecule has 21 heavy (non-hydrogen) atoms. The number of benzene rings is 1. The van der Waals surface area contributed by atoms with E-state index in [4.69, 9.17) is 16.3 Å². The highest BCUT2D eigenvalue weighted by Gasteiger charge is 2.22. The Morgan fingerprint density at radius 1 is 1.38 bits per heavy atom. The molecule has 2 N–H and O–H groups in total. The maximum atomic E-state index is 11.3. The number of ether oxygens (including phenoxy) is 1. The summed E-state index contributed by atoms with van der Waals surface area (Å²) in [6.45, 7) is 5.43. The highest BCUT2D eigenvalue weighted by Crippen LogP contribution is 2.32. The van der Waals surface area contributed by atoms with Gasteiger partial charge in [0.05, 0.1) is 12.9 Å². The van der Waals surface area contributed by atoms with Crippen LogP contribution >= 0.6 is 11.6 Å². The minimum atomic E-state index is -3.23. The van der Waals surface area contributed by atoms with Crippen molar-refractivity contribution in [3.63, 3.8) is 0 Å². The third kappa shape index (κ3) is 4.85. The minimum Gasteiger partial charge on any atom is -0.493 e. The van der Waals surface area contributed by atoms with Crippen LogP contribution in [0.2, 0.25) is 5.02 Å². The van der Waals surface area contributed by atoms with Crippen molar-refractivity contribution in [3.8, 4) is 5.75 Å². The predicted octanol–water partition coefficient (Wildman–Crippen LogP) is 1.69. The first-order valence-electron chi connectivity index (χ1n) is 6.80. The summed E-state index contributed by atoms with van der Waals surface area (Å²) < 4.78 is 30.8. The average molecular weight is 333 g/mol. The van der Waals surface area contributed by atoms with Gasteiger partial charge in [-0.15, -0.1) is 0 Å². The van der Waals surface area contributed by atoms with Gasteiger partial charge in [-0.3, -0.25) is 0 Å². The van der Waals surface area contributed by atoms with Crippen molar-refractivity contribution in [1.82, 2.24) is 10.0 Å². The van der Waals surface area contributed by atoms with Crippen LogP contribution in [0.5, 0.6) is 5.75 Å². The van der Waals surface area contributed by atoms with Gasteiger partial charge in [0.2, 0.25) is 10.0 Å². The van der Waals surface area contributed by atoms with Crippen LogP contribution in [-0.2, 0) is 23.0 Å². The highest BCUT2D eigenvalue weighted by molar-refractivity contribution is 7.88. The lowest BCUT2D eigenvalue weighted by molar-refractivity contribution is 0.351. The zero-order chi connectivity index (χ0) is 15.7. The fraction of sp³-hybridized carbons (Fsp3) is 0.571. The van der Waals surface area contributed by atoms with Crippen molar-refractivity contribution in [2.45, 2.75) is 32.4 Å². The SMILES string of the molecule is CC(C)(CNCc1cc(Cl)cc2c1OCC2)NS(C)(=O)=O. The molecule has 2 rings (SSSR count). The summed E-state index contributed by atoms with van der Waals surface area (Å²) >= 11 is 6.11. The van der Waals surface area contributed by atoms with Crippen molar-refractivity contribution >= 4 is 21.6 Å². The quantitative estimate of drug-likeness (QED) is 0.832. The summed E-state index contributed by atoms with van der Waals surface area (Å²) in [5.41, 5.74) is 1.58. The van der Waals surface area contributed by atoms with E-state index in [2.05, 4.69) is 10.0 Å². The summed E-state index contributed by atoms with van der Waals surface area (Å²) in [5.74, 6) is 0.903. The van der Waals surface area contributed by atoms with E-state index in [0.29, 0.717) is 24.7 Å². The lowest BCUT2D eigenvalue weighted by Gasteiger charge is -2.25. The van der Waals surface area contributed by atoms with Crippen molar-refractivity contribution < 1.29 is 13.2 Å². The number of hydrogen-bond acceptors (Lipinski definition) is 4. The first-order chi connectivity index (χ1) is 9.66. The Labute approximate surface area is 131 Å². The first kappa shape index (κ1) is 16.5. The molecule has 5 nitrogen and oxygen atoms in total. The molecule has 1 aromatic carbocycles. The minimum absolute atomic E-state index is 0.501. The van der Waals surface area contributed by atoms with Gasteiger partial charge >= 0.3 is 0 Å². The van der Waals surface area contributed by atoms with Crippen molar-refractivity contribution in [2.24, 2.45) is 0 Å². The summed E-state index contributed by atoms with van der Waals surface area (Å²) in [4.78, 5) is 0. The van der Waals surface area contributed by atoms with E-state index in [-0.39, 0.29) is 0 Å². The van der Waals surface area contributed by atoms with Gasteiger partial charge in [-0.25, -0.2) is 13.1 Å². The summed E-state index contributed by atoms with van der Waals surface area (Å²) in [6.07, 6.45) is 2.04. The van der Waals surface area contributed by atoms with E-state index in [0.717, 1.165) is 29.6 Å². The fourth-order valence-corrected chi connectivity index (χ4v) is 3.86. The molecule has 1 aliphatic heterocycles. The number of nitrogens with one attached hydrogen (secondary N) is 2. The number of fused-ring (bicyclic) bond motifs is 1. The lowest BCUT2D eigenvalue weighted by atomic mass is 10.1. The Balaban J connectivity index is 1.98. The van der Waals surface area contributed by atoms with Crippen molar-refractivity contribution in [1.29, 1.82) is 0 Å². The Kier molecular flexibility index (Phi) is 4.82. The van der Waals surface area contributed by atoms with Crippen LogP contribution in [0.3, 0.4) is 0 Å². The number of halogens is 1. The number of rotatable bonds is 6. The average Bonchev–Trinajstić information content (AvgIpc) is 2.72. The topological polar surface area (TPSA) is 67.4 Å². The maximum absolute atomic E-state index is 11.3. The molecular formula is C14H21ClN2O3S. The Bertz CT molecular complexity index is 629. The van der Waals surface area contributed by atoms with Gasteiger partial charge in [0.25, 0.3) is 0 Å². The van der Waals surface area contributed by atoms with Crippen LogP contribution in [0, 0.1) is 0 Å². The van der Waals surface area contributed by atoms with Crippen LogP contribution in [0.1, 0.15) is 25.0 Å². The summed E-state index contributed by atoms with van der Waals surface area (Å²) in [6, 6.07) is 3.82. The second-order valence-corrected chi connectivity index (χ2v) is 8.20. The zero-order valence-corrected chi connectivity index (χ0v) is 14.1. The molecule has 0 saturated carbocycles. The second-order valence-electron chi connectivity index (χ2n) is 6.01. The molecule has 1 heterocycles. The third-order valence-electron chi connectivity index (χ3n) is 3.17. The monoisotopic (exact) mass is 332 g/mol. The van der Waals surface area contributed by atoms with Crippen LogP contribution in [-0.4, -0.2) is 33.4 Å². The van der Waals surface area contributed by atoms with Gasteiger partial charge in [-0.2, -0.15) is 0 Å². The van der Waals surface area contributed by atoms with Gasteiger partial charge in [-0.1, -0.05) is 11.6 Å². The molecule has 0 amide bonds. The largest absolute Gasteiger partial charge is 0.493 e. The highest BCUT2D eigenvalue weighted by atomic mass is 35.5. The van der Waals surface area contributed by atoms with Crippen molar-refractivity contribution in [3.05, 3.63) is 28.3 Å². The zero-order valence-electron chi connectivity index (χ0n) is 12.5. The van der Waals surface area contributed by atoms with Gasteiger partial charge in [0.15, 0.2) is 0 Å². The Morgan fingerprint density at radius 2 is 2.10 bits per heavy atom. The van der Waals surface area contributed by atoms with Crippen LogP contribution in [0.4, 0.5) is 0 Å². The molecule has 0 spiro atoms. The third-order valence-corrected chi connectivity index (χ3v) is 4.31. The molecule has 7 heteroatoms. The van der Waals surface area contributed by atoms with Gasteiger partial charge in [0, 0.05) is 35.6 Å². The standard InChI is InChI=1S/C14H21ClN2O3S/c1-14(2,17-21(3,18)19)9-16-8-11-7-12(15)6-10-4-5-20-13(10)11/h6-7,16-17H,4-5,8-9H2,1-3H3. The molecule has 0 unspecified atom stereocenters. The van der Waals surface area contributed by atoms with Gasteiger partial charge in [0.1, 0.15) is 5.75 Å². The predicted molar refractivity (Wildman–Crippen MR) is 84.4 cm³/mol.